The van der Waals surface area contributed by atoms with E-state index in [9.17, 15) is 14.7 Å². The van der Waals surface area contributed by atoms with Gasteiger partial charge in [-0.15, -0.1) is 0 Å². The average Bonchev–Trinajstić information content (AvgIpc) is 2.39. The molecule has 1 aromatic carbocycles. The quantitative estimate of drug-likeness (QED) is 0.539. The molecule has 6 nitrogen and oxygen atoms in total. The Hall–Kier alpha value is -2.08. The van der Waals surface area contributed by atoms with Gasteiger partial charge in [-0.2, -0.15) is 0 Å². The Morgan fingerprint density at radius 3 is 2.70 bits per heavy atom. The highest BCUT2D eigenvalue weighted by molar-refractivity contribution is 5.92. The molecule has 0 saturated carbocycles. The summed E-state index contributed by atoms with van der Waals surface area (Å²) in [6.45, 7) is 3.82. The van der Waals surface area contributed by atoms with Gasteiger partial charge in [0.15, 0.2) is 0 Å². The first-order valence-corrected chi connectivity index (χ1v) is 6.42. The van der Waals surface area contributed by atoms with E-state index in [1.54, 1.807) is 26.0 Å². The number of anilines is 1. The minimum absolute atomic E-state index is 0.0469. The molecular formula is C14H20N2O4. The Balaban J connectivity index is 2.70. The molecule has 0 aliphatic rings. The molecule has 0 heterocycles. The first-order valence-electron chi connectivity index (χ1n) is 6.42. The maximum absolute atomic E-state index is 11.4. The van der Waals surface area contributed by atoms with Crippen molar-refractivity contribution in [3.05, 3.63) is 23.8 Å². The van der Waals surface area contributed by atoms with Gasteiger partial charge in [0.1, 0.15) is 12.4 Å². The topological polar surface area (TPSA) is 102 Å². The molecule has 0 atom stereocenters. The van der Waals surface area contributed by atoms with Crippen molar-refractivity contribution in [2.75, 3.05) is 11.9 Å². The lowest BCUT2D eigenvalue weighted by atomic mass is 10.2. The van der Waals surface area contributed by atoms with E-state index in [0.29, 0.717) is 5.56 Å². The van der Waals surface area contributed by atoms with E-state index in [2.05, 4.69) is 5.32 Å². The number of hydrogen-bond donors (Lipinski definition) is 3. The molecule has 0 bridgehead atoms. The minimum atomic E-state index is -0.299. The lowest BCUT2D eigenvalue weighted by Crippen LogP contribution is -2.16. The number of ether oxygens (including phenoxy) is 1. The standard InChI is InChI=1S/C14H20N2O4/c1-9(2)14(19)20-8-10-3-4-12(17)11(7-10)16-13(18)5-6-15/h3-4,7,9,17H,5-6,8,15H2,1-2H3,(H,16,18). The number of rotatable bonds is 6. The van der Waals surface area contributed by atoms with Gasteiger partial charge in [-0.25, -0.2) is 0 Å². The summed E-state index contributed by atoms with van der Waals surface area (Å²) in [6, 6.07) is 4.63. The van der Waals surface area contributed by atoms with Crippen LogP contribution in [-0.4, -0.2) is 23.5 Å². The Morgan fingerprint density at radius 2 is 2.10 bits per heavy atom. The van der Waals surface area contributed by atoms with Crippen LogP contribution in [0.1, 0.15) is 25.8 Å². The Kier molecular flexibility index (Phi) is 5.99. The molecule has 0 aliphatic heterocycles. The van der Waals surface area contributed by atoms with Gasteiger partial charge >= 0.3 is 5.97 Å². The van der Waals surface area contributed by atoms with Gasteiger partial charge in [-0.1, -0.05) is 19.9 Å². The van der Waals surface area contributed by atoms with E-state index >= 15 is 0 Å². The third kappa shape index (κ3) is 4.89. The molecule has 4 N–H and O–H groups in total. The number of amides is 1. The maximum Gasteiger partial charge on any atom is 0.308 e. The van der Waals surface area contributed by atoms with Crippen LogP contribution >= 0.6 is 0 Å². The fourth-order valence-electron chi connectivity index (χ4n) is 1.44. The molecule has 0 aliphatic carbocycles. The minimum Gasteiger partial charge on any atom is -0.506 e. The molecule has 0 unspecified atom stereocenters. The highest BCUT2D eigenvalue weighted by Crippen LogP contribution is 2.24. The first-order chi connectivity index (χ1) is 9.43. The molecule has 0 saturated heterocycles. The van der Waals surface area contributed by atoms with Crippen LogP contribution in [0.2, 0.25) is 0 Å². The number of carbonyl (C=O) groups excluding carboxylic acids is 2. The molecule has 0 aromatic heterocycles. The summed E-state index contributed by atoms with van der Waals surface area (Å²) in [6.07, 6.45) is 0.173. The lowest BCUT2D eigenvalue weighted by Gasteiger charge is -2.10. The third-order valence-corrected chi connectivity index (χ3v) is 2.56. The number of esters is 1. The van der Waals surface area contributed by atoms with Crippen molar-refractivity contribution in [1.82, 2.24) is 0 Å². The largest absolute Gasteiger partial charge is 0.506 e. The van der Waals surface area contributed by atoms with Crippen molar-refractivity contribution in [3.63, 3.8) is 0 Å². The molecule has 0 spiro atoms. The normalized spacial score (nSPS) is 10.4. The van der Waals surface area contributed by atoms with E-state index in [-0.39, 0.29) is 48.8 Å². The second kappa shape index (κ2) is 7.49. The van der Waals surface area contributed by atoms with E-state index in [4.69, 9.17) is 10.5 Å². The summed E-state index contributed by atoms with van der Waals surface area (Å²) >= 11 is 0. The van der Waals surface area contributed by atoms with Crippen molar-refractivity contribution >= 4 is 17.6 Å². The van der Waals surface area contributed by atoms with Gasteiger partial charge in [-0.05, 0) is 17.7 Å². The van der Waals surface area contributed by atoms with Gasteiger partial charge in [0.25, 0.3) is 0 Å². The monoisotopic (exact) mass is 280 g/mol. The maximum atomic E-state index is 11.4. The van der Waals surface area contributed by atoms with Crippen molar-refractivity contribution < 1.29 is 19.4 Å². The van der Waals surface area contributed by atoms with Crippen LogP contribution in [0.5, 0.6) is 5.75 Å². The molecule has 110 valence electrons. The highest BCUT2D eigenvalue weighted by Gasteiger charge is 2.10. The van der Waals surface area contributed by atoms with Crippen LogP contribution in [0.3, 0.4) is 0 Å². The molecule has 20 heavy (non-hydrogen) atoms. The molecule has 1 aromatic rings. The van der Waals surface area contributed by atoms with Crippen LogP contribution in [0.15, 0.2) is 18.2 Å². The average molecular weight is 280 g/mol. The van der Waals surface area contributed by atoms with Crippen LogP contribution in [0, 0.1) is 5.92 Å². The zero-order chi connectivity index (χ0) is 15.1. The van der Waals surface area contributed by atoms with Crippen molar-refractivity contribution in [1.29, 1.82) is 0 Å². The second-order valence-electron chi connectivity index (χ2n) is 4.70. The third-order valence-electron chi connectivity index (χ3n) is 2.56. The number of phenols is 1. The van der Waals surface area contributed by atoms with Gasteiger partial charge in [-0.3, -0.25) is 9.59 Å². The van der Waals surface area contributed by atoms with Crippen molar-refractivity contribution in [3.8, 4) is 5.75 Å². The number of aromatic hydroxyl groups is 1. The van der Waals surface area contributed by atoms with Crippen molar-refractivity contribution in [2.45, 2.75) is 26.9 Å². The van der Waals surface area contributed by atoms with Gasteiger partial charge < -0.3 is 20.9 Å². The molecule has 0 fully saturated rings. The fourth-order valence-corrected chi connectivity index (χ4v) is 1.44. The summed E-state index contributed by atoms with van der Waals surface area (Å²) < 4.78 is 5.08. The molecule has 1 amide bonds. The molecule has 0 radical (unpaired) electrons. The zero-order valence-electron chi connectivity index (χ0n) is 11.7. The summed E-state index contributed by atoms with van der Waals surface area (Å²) in [5.74, 6) is -0.823. The highest BCUT2D eigenvalue weighted by atomic mass is 16.5. The number of hydrogen-bond acceptors (Lipinski definition) is 5. The van der Waals surface area contributed by atoms with Gasteiger partial charge in [0, 0.05) is 13.0 Å². The Bertz CT molecular complexity index is 486. The predicted octanol–water partition coefficient (Wildman–Crippen LogP) is 1.38. The van der Waals surface area contributed by atoms with Crippen molar-refractivity contribution in [2.24, 2.45) is 11.7 Å². The van der Waals surface area contributed by atoms with E-state index in [1.807, 2.05) is 0 Å². The van der Waals surface area contributed by atoms with E-state index in [0.717, 1.165) is 0 Å². The summed E-state index contributed by atoms with van der Waals surface area (Å²) in [7, 11) is 0. The summed E-state index contributed by atoms with van der Waals surface area (Å²) in [5.41, 5.74) is 6.24. The molecule has 6 heteroatoms. The lowest BCUT2D eigenvalue weighted by molar-refractivity contribution is -0.148. The zero-order valence-corrected chi connectivity index (χ0v) is 11.7. The van der Waals surface area contributed by atoms with Gasteiger partial charge in [0.05, 0.1) is 11.6 Å². The van der Waals surface area contributed by atoms with Crippen LogP contribution in [-0.2, 0) is 20.9 Å². The van der Waals surface area contributed by atoms with Crippen LogP contribution in [0.4, 0.5) is 5.69 Å². The van der Waals surface area contributed by atoms with Gasteiger partial charge in [0.2, 0.25) is 5.91 Å². The summed E-state index contributed by atoms with van der Waals surface area (Å²) in [4.78, 5) is 22.8. The molecule has 1 rings (SSSR count). The van der Waals surface area contributed by atoms with E-state index in [1.165, 1.54) is 6.07 Å². The number of nitrogens with two attached hydrogens (primary N) is 1. The number of benzene rings is 1. The van der Waals surface area contributed by atoms with Crippen LogP contribution in [0.25, 0.3) is 0 Å². The number of carbonyl (C=O) groups is 2. The summed E-state index contributed by atoms with van der Waals surface area (Å²) in [5, 5.41) is 12.2. The SMILES string of the molecule is CC(C)C(=O)OCc1ccc(O)c(NC(=O)CCN)c1. The Labute approximate surface area is 117 Å². The predicted molar refractivity (Wildman–Crippen MR) is 75.0 cm³/mol. The Morgan fingerprint density at radius 1 is 1.40 bits per heavy atom. The number of phenolic OH excluding ortho intramolecular Hbond substituents is 1. The van der Waals surface area contributed by atoms with E-state index < -0.39 is 0 Å². The fraction of sp³-hybridized carbons (Fsp3) is 0.429. The second-order valence-corrected chi connectivity index (χ2v) is 4.70. The smallest absolute Gasteiger partial charge is 0.308 e. The van der Waals surface area contributed by atoms with Crippen LogP contribution < -0.4 is 11.1 Å². The number of nitrogens with one attached hydrogen (secondary N) is 1. The first kappa shape index (κ1) is 16.0. The molecular weight excluding hydrogens is 260 g/mol.